The van der Waals surface area contributed by atoms with Gasteiger partial charge in [0.05, 0.1) is 11.1 Å². The molecule has 2 aromatic carbocycles. The molecule has 3 rings (SSSR count). The molecule has 0 saturated carbocycles. The van der Waals surface area contributed by atoms with Crippen LogP contribution in [0.15, 0.2) is 42.5 Å². The van der Waals surface area contributed by atoms with Gasteiger partial charge in [-0.1, -0.05) is 24.3 Å². The van der Waals surface area contributed by atoms with Crippen molar-refractivity contribution in [1.82, 2.24) is 0 Å². The summed E-state index contributed by atoms with van der Waals surface area (Å²) in [6.07, 6.45) is 2.00. The van der Waals surface area contributed by atoms with E-state index in [2.05, 4.69) is 35.7 Å². The van der Waals surface area contributed by atoms with Crippen LogP contribution < -0.4 is 5.32 Å². The van der Waals surface area contributed by atoms with Crippen molar-refractivity contribution < 1.29 is 0 Å². The maximum atomic E-state index is 9.05. The summed E-state index contributed by atoms with van der Waals surface area (Å²) < 4.78 is 0. The largest absolute Gasteiger partial charge is 0.382 e. The molecule has 0 unspecified atom stereocenters. The van der Waals surface area contributed by atoms with Crippen LogP contribution >= 0.6 is 0 Å². The number of rotatable bonds is 2. The maximum Gasteiger partial charge on any atom is 0.101 e. The van der Waals surface area contributed by atoms with Gasteiger partial charge in [0.25, 0.3) is 0 Å². The summed E-state index contributed by atoms with van der Waals surface area (Å²) >= 11 is 0. The fraction of sp³-hybridized carbons (Fsp3) is 0.176. The molecule has 0 heterocycles. The second-order valence-corrected chi connectivity index (χ2v) is 5.00. The molecule has 0 fully saturated rings. The van der Waals surface area contributed by atoms with Gasteiger partial charge in [-0.25, -0.2) is 0 Å². The summed E-state index contributed by atoms with van der Waals surface area (Å²) in [5.41, 5.74) is 4.53. The van der Waals surface area contributed by atoms with Crippen molar-refractivity contribution >= 4 is 5.69 Å². The van der Waals surface area contributed by atoms with Gasteiger partial charge >= 0.3 is 0 Å². The summed E-state index contributed by atoms with van der Waals surface area (Å²) in [5, 5.41) is 21.4. The predicted molar refractivity (Wildman–Crippen MR) is 77.1 cm³/mol. The highest BCUT2D eigenvalue weighted by molar-refractivity contribution is 5.57. The number of benzene rings is 2. The zero-order valence-corrected chi connectivity index (χ0v) is 10.9. The molecule has 3 heteroatoms. The lowest BCUT2D eigenvalue weighted by Crippen LogP contribution is -2.19. The van der Waals surface area contributed by atoms with Gasteiger partial charge in [-0.3, -0.25) is 0 Å². The fourth-order valence-corrected chi connectivity index (χ4v) is 2.72. The monoisotopic (exact) mass is 259 g/mol. The van der Waals surface area contributed by atoms with Crippen LogP contribution in [0.3, 0.4) is 0 Å². The van der Waals surface area contributed by atoms with Gasteiger partial charge in [0.1, 0.15) is 12.1 Å². The molecule has 1 N–H and O–H groups in total. The van der Waals surface area contributed by atoms with E-state index in [0.717, 1.165) is 18.5 Å². The number of nitrogens with zero attached hydrogens (tertiary/aromatic N) is 2. The van der Waals surface area contributed by atoms with Crippen LogP contribution in [0.2, 0.25) is 0 Å². The first-order chi connectivity index (χ1) is 9.80. The van der Waals surface area contributed by atoms with Crippen LogP contribution in [0.1, 0.15) is 22.3 Å². The Morgan fingerprint density at radius 2 is 1.55 bits per heavy atom. The van der Waals surface area contributed by atoms with Gasteiger partial charge in [0.2, 0.25) is 0 Å². The highest BCUT2D eigenvalue weighted by Gasteiger charge is 2.20. The second kappa shape index (κ2) is 5.07. The molecular weight excluding hydrogens is 246 g/mol. The number of hydrogen-bond donors (Lipinski definition) is 1. The smallest absolute Gasteiger partial charge is 0.101 e. The predicted octanol–water partition coefficient (Wildman–Crippen LogP) is 3.01. The van der Waals surface area contributed by atoms with Crippen molar-refractivity contribution in [2.24, 2.45) is 0 Å². The van der Waals surface area contributed by atoms with E-state index in [-0.39, 0.29) is 0 Å². The van der Waals surface area contributed by atoms with E-state index in [0.29, 0.717) is 17.2 Å². The van der Waals surface area contributed by atoms with E-state index in [1.54, 1.807) is 12.1 Å². The van der Waals surface area contributed by atoms with Crippen LogP contribution in [-0.2, 0) is 12.8 Å². The van der Waals surface area contributed by atoms with Crippen LogP contribution in [0.4, 0.5) is 5.69 Å². The summed E-state index contributed by atoms with van der Waals surface area (Å²) in [4.78, 5) is 0. The average Bonchev–Trinajstić information content (AvgIpc) is 2.89. The number of anilines is 1. The Morgan fingerprint density at radius 1 is 0.900 bits per heavy atom. The normalized spacial score (nSPS) is 13.3. The molecule has 1 aliphatic carbocycles. The number of fused-ring (bicyclic) bond motifs is 1. The van der Waals surface area contributed by atoms with Crippen LogP contribution in [0.25, 0.3) is 0 Å². The quantitative estimate of drug-likeness (QED) is 0.901. The molecule has 0 aromatic heterocycles. The Balaban J connectivity index is 1.78. The van der Waals surface area contributed by atoms with Crippen molar-refractivity contribution in [3.05, 3.63) is 64.7 Å². The Labute approximate surface area is 118 Å². The number of nitrogens with one attached hydrogen (secondary N) is 1. The number of hydrogen-bond acceptors (Lipinski definition) is 3. The van der Waals surface area contributed by atoms with E-state index in [9.17, 15) is 0 Å². The summed E-state index contributed by atoms with van der Waals surface area (Å²) in [6.45, 7) is 0. The third-order valence-electron chi connectivity index (χ3n) is 3.68. The first kappa shape index (κ1) is 12.3. The molecule has 0 aliphatic heterocycles. The van der Waals surface area contributed by atoms with Crippen molar-refractivity contribution in [1.29, 1.82) is 10.5 Å². The fourth-order valence-electron chi connectivity index (χ4n) is 2.72. The van der Waals surface area contributed by atoms with E-state index in [4.69, 9.17) is 10.5 Å². The Kier molecular flexibility index (Phi) is 3.11. The lowest BCUT2D eigenvalue weighted by Gasteiger charge is -2.14. The molecule has 0 saturated heterocycles. The first-order valence-electron chi connectivity index (χ1n) is 6.57. The van der Waals surface area contributed by atoms with Crippen LogP contribution in [0.5, 0.6) is 0 Å². The SMILES string of the molecule is N#Cc1ccc(NC2Cc3ccccc3C2)cc1C#N. The van der Waals surface area contributed by atoms with Gasteiger partial charge in [0.15, 0.2) is 0 Å². The molecule has 3 nitrogen and oxygen atoms in total. The Morgan fingerprint density at radius 3 is 2.15 bits per heavy atom. The summed E-state index contributed by atoms with van der Waals surface area (Å²) in [6, 6.07) is 18.2. The van der Waals surface area contributed by atoms with Gasteiger partial charge in [0, 0.05) is 11.7 Å². The molecule has 0 amide bonds. The van der Waals surface area contributed by atoms with Crippen molar-refractivity contribution in [2.45, 2.75) is 18.9 Å². The minimum absolute atomic E-state index is 0.354. The summed E-state index contributed by atoms with van der Waals surface area (Å²) in [5.74, 6) is 0. The lowest BCUT2D eigenvalue weighted by atomic mass is 10.1. The zero-order chi connectivity index (χ0) is 13.9. The number of nitriles is 2. The molecular formula is C17H13N3. The maximum absolute atomic E-state index is 9.05. The van der Waals surface area contributed by atoms with E-state index in [1.807, 2.05) is 12.1 Å². The van der Waals surface area contributed by atoms with Gasteiger partial charge in [-0.05, 0) is 42.2 Å². The third-order valence-corrected chi connectivity index (χ3v) is 3.68. The topological polar surface area (TPSA) is 59.6 Å². The standard InChI is InChI=1S/C17H13N3/c18-10-14-5-6-16(9-15(14)11-19)20-17-7-12-3-1-2-4-13(12)8-17/h1-6,9,17,20H,7-8H2. The summed E-state index contributed by atoms with van der Waals surface area (Å²) in [7, 11) is 0. The first-order valence-corrected chi connectivity index (χ1v) is 6.57. The minimum Gasteiger partial charge on any atom is -0.382 e. The van der Waals surface area contributed by atoms with Crippen LogP contribution in [0, 0.1) is 22.7 Å². The minimum atomic E-state index is 0.354. The second-order valence-electron chi connectivity index (χ2n) is 5.00. The van der Waals surface area contributed by atoms with Crippen LogP contribution in [-0.4, -0.2) is 6.04 Å². The molecule has 0 atom stereocenters. The van der Waals surface area contributed by atoms with E-state index < -0.39 is 0 Å². The van der Waals surface area contributed by atoms with Crippen molar-refractivity contribution in [3.8, 4) is 12.1 Å². The Hall–Kier alpha value is -2.78. The van der Waals surface area contributed by atoms with Gasteiger partial charge in [-0.15, -0.1) is 0 Å². The molecule has 0 bridgehead atoms. The van der Waals surface area contributed by atoms with Gasteiger partial charge < -0.3 is 5.32 Å². The lowest BCUT2D eigenvalue weighted by molar-refractivity contribution is 0.774. The Bertz CT molecular complexity index is 710. The van der Waals surface area contributed by atoms with Crippen molar-refractivity contribution in [3.63, 3.8) is 0 Å². The molecule has 20 heavy (non-hydrogen) atoms. The molecule has 0 radical (unpaired) electrons. The average molecular weight is 259 g/mol. The van der Waals surface area contributed by atoms with E-state index in [1.165, 1.54) is 11.1 Å². The third kappa shape index (κ3) is 2.22. The molecule has 2 aromatic rings. The highest BCUT2D eigenvalue weighted by Crippen LogP contribution is 2.25. The van der Waals surface area contributed by atoms with E-state index >= 15 is 0 Å². The highest BCUT2D eigenvalue weighted by atomic mass is 14.9. The zero-order valence-electron chi connectivity index (χ0n) is 10.9. The molecule has 0 spiro atoms. The van der Waals surface area contributed by atoms with Gasteiger partial charge in [-0.2, -0.15) is 10.5 Å². The van der Waals surface area contributed by atoms with Crippen molar-refractivity contribution in [2.75, 3.05) is 5.32 Å². The molecule has 96 valence electrons. The molecule has 1 aliphatic rings.